The van der Waals surface area contributed by atoms with Crippen LogP contribution in [-0.4, -0.2) is 44.4 Å². The van der Waals surface area contributed by atoms with Crippen LogP contribution in [0.4, 0.5) is 0 Å². The molecule has 7 heteroatoms. The molecule has 0 atom stereocenters. The number of rotatable bonds is 4. The van der Waals surface area contributed by atoms with Gasteiger partial charge in [0.2, 0.25) is 0 Å². The van der Waals surface area contributed by atoms with Crippen molar-refractivity contribution in [1.29, 1.82) is 0 Å². The Kier molecular flexibility index (Phi) is 4.37. The van der Waals surface area contributed by atoms with E-state index in [0.29, 0.717) is 23.2 Å². The summed E-state index contributed by atoms with van der Waals surface area (Å²) in [5, 5.41) is 3.94. The van der Waals surface area contributed by atoms with Crippen LogP contribution < -0.4 is 5.32 Å². The van der Waals surface area contributed by atoms with Crippen LogP contribution >= 0.6 is 11.3 Å². The summed E-state index contributed by atoms with van der Waals surface area (Å²) in [6.07, 6.45) is 3.32. The van der Waals surface area contributed by atoms with Gasteiger partial charge in [0.1, 0.15) is 0 Å². The van der Waals surface area contributed by atoms with Gasteiger partial charge in [-0.05, 0) is 39.3 Å². The smallest absolute Gasteiger partial charge is 0.254 e. The zero-order valence-corrected chi connectivity index (χ0v) is 12.4. The molecule has 0 saturated carbocycles. The van der Waals surface area contributed by atoms with E-state index in [1.54, 1.807) is 4.31 Å². The number of aromatic nitrogens is 1. The van der Waals surface area contributed by atoms with Gasteiger partial charge in [0.25, 0.3) is 10.0 Å². The summed E-state index contributed by atoms with van der Waals surface area (Å²) in [6, 6.07) is 0. The van der Waals surface area contributed by atoms with Crippen molar-refractivity contribution in [3.63, 3.8) is 0 Å². The molecule has 18 heavy (non-hydrogen) atoms. The van der Waals surface area contributed by atoms with Crippen LogP contribution in [0.5, 0.6) is 0 Å². The summed E-state index contributed by atoms with van der Waals surface area (Å²) in [5.41, 5.74) is 0. The van der Waals surface area contributed by atoms with Crippen LogP contribution in [0.2, 0.25) is 0 Å². The molecule has 0 radical (unpaired) electrons. The van der Waals surface area contributed by atoms with Gasteiger partial charge in [0.05, 0.1) is 11.2 Å². The van der Waals surface area contributed by atoms with Crippen LogP contribution in [0.25, 0.3) is 0 Å². The first-order chi connectivity index (χ1) is 8.54. The molecular formula is C11H19N3O2S2. The van der Waals surface area contributed by atoms with Crippen LogP contribution in [0.1, 0.15) is 17.8 Å². The van der Waals surface area contributed by atoms with E-state index in [9.17, 15) is 8.42 Å². The zero-order valence-electron chi connectivity index (χ0n) is 10.7. The first kappa shape index (κ1) is 13.9. The fourth-order valence-corrected chi connectivity index (χ4v) is 4.96. The summed E-state index contributed by atoms with van der Waals surface area (Å²) >= 11 is 1.25. The number of nitrogens with one attached hydrogen (secondary N) is 1. The minimum Gasteiger partial charge on any atom is -0.319 e. The maximum Gasteiger partial charge on any atom is 0.254 e. The van der Waals surface area contributed by atoms with Crippen LogP contribution in [-0.2, 0) is 10.0 Å². The Balaban J connectivity index is 2.05. The predicted molar refractivity (Wildman–Crippen MR) is 72.3 cm³/mol. The molecule has 1 saturated heterocycles. The molecule has 2 heterocycles. The predicted octanol–water partition coefficient (Wildman–Crippen LogP) is 1.07. The first-order valence-corrected chi connectivity index (χ1v) is 8.37. The summed E-state index contributed by atoms with van der Waals surface area (Å²) < 4.78 is 26.6. The number of nitrogens with zero attached hydrogens (tertiary/aromatic N) is 2. The Morgan fingerprint density at radius 3 is 2.67 bits per heavy atom. The van der Waals surface area contributed by atoms with Gasteiger partial charge in [-0.3, -0.25) is 0 Å². The lowest BCUT2D eigenvalue weighted by atomic mass is 9.98. The topological polar surface area (TPSA) is 62.3 Å². The quantitative estimate of drug-likeness (QED) is 0.900. The van der Waals surface area contributed by atoms with E-state index >= 15 is 0 Å². The van der Waals surface area contributed by atoms with Crippen molar-refractivity contribution in [1.82, 2.24) is 14.6 Å². The Morgan fingerprint density at radius 2 is 2.17 bits per heavy atom. The second-order valence-electron chi connectivity index (χ2n) is 4.60. The molecule has 1 aromatic heterocycles. The van der Waals surface area contributed by atoms with Crippen LogP contribution in [0.15, 0.2) is 10.4 Å². The Hall–Kier alpha value is -0.500. The molecule has 1 N–H and O–H groups in total. The van der Waals surface area contributed by atoms with Gasteiger partial charge >= 0.3 is 0 Å². The lowest BCUT2D eigenvalue weighted by Crippen LogP contribution is -2.40. The number of piperidine rings is 1. The second-order valence-corrected chi connectivity index (χ2v) is 8.00. The van der Waals surface area contributed by atoms with Crippen LogP contribution in [0.3, 0.4) is 0 Å². The molecule has 0 aliphatic carbocycles. The highest BCUT2D eigenvalue weighted by atomic mass is 32.2. The normalized spacial score (nSPS) is 19.2. The third kappa shape index (κ3) is 2.90. The van der Waals surface area contributed by atoms with Crippen molar-refractivity contribution in [2.24, 2.45) is 5.92 Å². The molecule has 0 bridgehead atoms. The highest BCUT2D eigenvalue weighted by Gasteiger charge is 2.30. The second kappa shape index (κ2) is 5.64. The Labute approximate surface area is 112 Å². The number of hydrogen-bond donors (Lipinski definition) is 1. The molecule has 1 aliphatic rings. The minimum absolute atomic E-state index is 0.368. The average Bonchev–Trinajstić information content (AvgIpc) is 2.78. The lowest BCUT2D eigenvalue weighted by Gasteiger charge is -2.30. The van der Waals surface area contributed by atoms with E-state index in [4.69, 9.17) is 0 Å². The number of sulfonamides is 1. The van der Waals surface area contributed by atoms with Crippen molar-refractivity contribution in [2.75, 3.05) is 26.7 Å². The minimum atomic E-state index is -3.31. The third-order valence-electron chi connectivity index (χ3n) is 3.26. The van der Waals surface area contributed by atoms with Crippen molar-refractivity contribution < 1.29 is 8.42 Å². The Bertz CT molecular complexity index is 490. The Morgan fingerprint density at radius 1 is 1.50 bits per heavy atom. The number of aryl methyl sites for hydroxylation is 1. The SMILES string of the molecule is CNCC1CCN(S(=O)(=O)c2cnc(C)s2)CC1. The summed E-state index contributed by atoms with van der Waals surface area (Å²) in [5.74, 6) is 0.588. The van der Waals surface area contributed by atoms with Gasteiger partial charge < -0.3 is 5.32 Å². The van der Waals surface area contributed by atoms with E-state index in [2.05, 4.69) is 10.3 Å². The molecule has 0 unspecified atom stereocenters. The highest BCUT2D eigenvalue weighted by molar-refractivity contribution is 7.91. The molecule has 1 aromatic rings. The third-order valence-corrected chi connectivity index (χ3v) is 6.51. The summed E-state index contributed by atoms with van der Waals surface area (Å²) in [6.45, 7) is 4.02. The standard InChI is InChI=1S/C11H19N3O2S2/c1-9-13-8-11(17-9)18(15,16)14-5-3-10(4-6-14)7-12-2/h8,10,12H,3-7H2,1-2H3. The van der Waals surface area contributed by atoms with Crippen molar-refractivity contribution in [3.05, 3.63) is 11.2 Å². The highest BCUT2D eigenvalue weighted by Crippen LogP contribution is 2.26. The molecule has 1 aliphatic heterocycles. The monoisotopic (exact) mass is 289 g/mol. The fraction of sp³-hybridized carbons (Fsp3) is 0.727. The molecule has 0 aromatic carbocycles. The van der Waals surface area contributed by atoms with Gasteiger partial charge in [0, 0.05) is 13.1 Å². The van der Waals surface area contributed by atoms with Gasteiger partial charge in [-0.25, -0.2) is 13.4 Å². The number of thiazole rings is 1. The molecule has 1 fully saturated rings. The summed E-state index contributed by atoms with van der Waals surface area (Å²) in [7, 11) is -1.38. The van der Waals surface area contributed by atoms with Gasteiger partial charge in [0.15, 0.2) is 4.21 Å². The maximum atomic E-state index is 12.3. The van der Waals surface area contributed by atoms with Gasteiger partial charge in [-0.2, -0.15) is 4.31 Å². The molecule has 5 nitrogen and oxygen atoms in total. The molecule has 102 valence electrons. The van der Waals surface area contributed by atoms with Crippen molar-refractivity contribution in [3.8, 4) is 0 Å². The zero-order chi connectivity index (χ0) is 13.2. The number of hydrogen-bond acceptors (Lipinski definition) is 5. The maximum absolute atomic E-state index is 12.3. The van der Waals surface area contributed by atoms with E-state index < -0.39 is 10.0 Å². The van der Waals surface area contributed by atoms with Gasteiger partial charge in [-0.15, -0.1) is 11.3 Å². The van der Waals surface area contributed by atoms with Gasteiger partial charge in [-0.1, -0.05) is 0 Å². The molecule has 2 rings (SSSR count). The van der Waals surface area contributed by atoms with E-state index in [-0.39, 0.29) is 0 Å². The fourth-order valence-electron chi connectivity index (χ4n) is 2.23. The first-order valence-electron chi connectivity index (χ1n) is 6.11. The van der Waals surface area contributed by atoms with E-state index in [1.807, 2.05) is 14.0 Å². The molecule has 0 amide bonds. The van der Waals surface area contributed by atoms with Crippen molar-refractivity contribution >= 4 is 21.4 Å². The molecular weight excluding hydrogens is 270 g/mol. The lowest BCUT2D eigenvalue weighted by molar-refractivity contribution is 0.271. The average molecular weight is 289 g/mol. The largest absolute Gasteiger partial charge is 0.319 e. The van der Waals surface area contributed by atoms with Crippen molar-refractivity contribution in [2.45, 2.75) is 24.0 Å². The van der Waals surface area contributed by atoms with E-state index in [0.717, 1.165) is 24.4 Å². The van der Waals surface area contributed by atoms with Crippen LogP contribution in [0, 0.1) is 12.8 Å². The summed E-state index contributed by atoms with van der Waals surface area (Å²) in [4.78, 5) is 4.02. The molecule has 0 spiro atoms. The van der Waals surface area contributed by atoms with E-state index in [1.165, 1.54) is 17.5 Å².